The maximum atomic E-state index is 5.29. The Morgan fingerprint density at radius 3 is 0.872 bits per heavy atom. The zero-order valence-corrected chi connectivity index (χ0v) is 83.3. The van der Waals surface area contributed by atoms with Crippen molar-refractivity contribution in [2.45, 2.75) is 64.7 Å². The molecule has 0 aliphatic heterocycles. The van der Waals surface area contributed by atoms with Crippen LogP contribution in [0.25, 0.3) is 235 Å². The summed E-state index contributed by atoms with van der Waals surface area (Å²) in [4.78, 5) is 41.8. The van der Waals surface area contributed by atoms with E-state index in [1.54, 1.807) is 0 Å². The predicted octanol–water partition coefficient (Wildman–Crippen LogP) is 35.9. The number of fused-ring (bicyclic) bond motifs is 13. The van der Waals surface area contributed by atoms with Gasteiger partial charge in [0.1, 0.15) is 0 Å². The molecule has 3 aliphatic carbocycles. The summed E-state index contributed by atoms with van der Waals surface area (Å²) in [5, 5.41) is 7.17. The van der Waals surface area contributed by atoms with Gasteiger partial charge in [-0.2, -0.15) is 0 Å². The molecule has 21 aromatic carbocycles. The molecule has 3 aliphatic rings. The second-order valence-electron chi connectivity index (χ2n) is 40.6. The van der Waals surface area contributed by atoms with Crippen LogP contribution in [0.4, 0.5) is 0 Å². The minimum Gasteiger partial charge on any atom is -0.228 e. The number of nitrogens with zero attached hydrogens (tertiary/aromatic N) is 8. The number of rotatable bonds is 15. The first-order valence-corrected chi connectivity index (χ1v) is 50.9. The van der Waals surface area contributed by atoms with E-state index in [1.165, 1.54) is 93.9 Å². The lowest BCUT2D eigenvalue weighted by Gasteiger charge is -2.22. The van der Waals surface area contributed by atoms with E-state index in [4.69, 9.17) is 39.9 Å². The fourth-order valence-electron chi connectivity index (χ4n) is 22.3. The molecule has 27 rings (SSSR count). The van der Waals surface area contributed by atoms with Crippen molar-refractivity contribution < 1.29 is 0 Å². The summed E-state index contributed by atoms with van der Waals surface area (Å²) in [7, 11) is 0. The SMILES string of the molecule is CC1(C)c2ccccc2-c2cc(-c3nc(-c4cc(-c5ccccc5)cc(-c5ccccc5)c4)nc(-c4ccc5ccccc5c4)n3)ccc21.CC1(C)c2ccccc2-c2ccc(-c3nc(-c4cc(-c5ccccc5)cc(-c5ccccc5)c4)nc(-c4ccc5c(ccc6ccccc65)c4)n3)cc21.Cc1ccc2c(c1)C(C)(C)c1cc(-c3cc(-c4ccccc4)nc(-c4cc(-c5ccccc5)cc(-c5ccccc5)c4)n3)ccc1-2. The van der Waals surface area contributed by atoms with Gasteiger partial charge in [-0.05, 0) is 264 Å². The first kappa shape index (κ1) is 90.8. The summed E-state index contributed by atoms with van der Waals surface area (Å²) in [5.41, 5.74) is 41.1. The van der Waals surface area contributed by atoms with E-state index in [0.717, 1.165) is 139 Å². The van der Waals surface area contributed by atoms with Gasteiger partial charge in [0.25, 0.3) is 0 Å². The Balaban J connectivity index is 0.000000116. The smallest absolute Gasteiger partial charge is 0.164 e. The van der Waals surface area contributed by atoms with Crippen LogP contribution in [-0.4, -0.2) is 39.9 Å². The molecule has 8 heteroatoms. The highest BCUT2D eigenvalue weighted by molar-refractivity contribution is 6.08. The lowest BCUT2D eigenvalue weighted by Crippen LogP contribution is -2.15. The van der Waals surface area contributed by atoms with E-state index in [0.29, 0.717) is 40.8 Å². The number of hydrogen-bond donors (Lipinski definition) is 0. The molecule has 24 aromatic rings. The van der Waals surface area contributed by atoms with Crippen molar-refractivity contribution in [2.75, 3.05) is 0 Å². The molecule has 0 radical (unpaired) electrons. The van der Waals surface area contributed by atoms with Gasteiger partial charge >= 0.3 is 0 Å². The van der Waals surface area contributed by atoms with Crippen LogP contribution in [0.1, 0.15) is 80.5 Å². The molecule has 148 heavy (non-hydrogen) atoms. The van der Waals surface area contributed by atoms with E-state index in [-0.39, 0.29) is 16.2 Å². The number of hydrogen-bond acceptors (Lipinski definition) is 8. The van der Waals surface area contributed by atoms with E-state index >= 15 is 0 Å². The van der Waals surface area contributed by atoms with Crippen LogP contribution in [0.3, 0.4) is 0 Å². The Hall–Kier alpha value is -18.5. The Bertz CT molecular complexity index is 9110. The van der Waals surface area contributed by atoms with Crippen molar-refractivity contribution >= 4 is 32.3 Å². The van der Waals surface area contributed by atoms with Crippen molar-refractivity contribution in [3.63, 3.8) is 0 Å². The highest BCUT2D eigenvalue weighted by atomic mass is 15.0. The first-order valence-electron chi connectivity index (χ1n) is 50.9. The molecular formula is C140H102N8. The molecule has 0 saturated heterocycles. The lowest BCUT2D eigenvalue weighted by molar-refractivity contribution is 0.660. The van der Waals surface area contributed by atoms with Gasteiger partial charge in [0.05, 0.1) is 11.4 Å². The summed E-state index contributed by atoms with van der Waals surface area (Å²) in [6, 6.07) is 175. The third-order valence-electron chi connectivity index (χ3n) is 30.1. The van der Waals surface area contributed by atoms with Crippen LogP contribution in [0.5, 0.6) is 0 Å². The van der Waals surface area contributed by atoms with E-state index < -0.39 is 0 Å². The van der Waals surface area contributed by atoms with Crippen molar-refractivity contribution in [1.82, 2.24) is 39.9 Å². The third-order valence-corrected chi connectivity index (χ3v) is 30.1. The summed E-state index contributed by atoms with van der Waals surface area (Å²) < 4.78 is 0. The summed E-state index contributed by atoms with van der Waals surface area (Å²) in [5.74, 6) is 4.61. The second kappa shape index (κ2) is 37.7. The Morgan fingerprint density at radius 1 is 0.135 bits per heavy atom. The van der Waals surface area contributed by atoms with Gasteiger partial charge in [0, 0.05) is 66.3 Å². The topological polar surface area (TPSA) is 103 Å². The number of aryl methyl sites for hydroxylation is 1. The van der Waals surface area contributed by atoms with Crippen molar-refractivity contribution in [3.05, 3.63) is 530 Å². The zero-order valence-electron chi connectivity index (χ0n) is 83.3. The van der Waals surface area contributed by atoms with Crippen LogP contribution in [0.15, 0.2) is 491 Å². The maximum absolute atomic E-state index is 5.29. The van der Waals surface area contributed by atoms with Gasteiger partial charge in [0.15, 0.2) is 40.8 Å². The second-order valence-corrected chi connectivity index (χ2v) is 40.6. The molecule has 0 unspecified atom stereocenters. The van der Waals surface area contributed by atoms with Crippen molar-refractivity contribution in [1.29, 1.82) is 0 Å². The molecule has 8 nitrogen and oxygen atoms in total. The van der Waals surface area contributed by atoms with E-state index in [2.05, 4.69) is 534 Å². The van der Waals surface area contributed by atoms with Crippen molar-refractivity contribution in [3.8, 4) is 202 Å². The van der Waals surface area contributed by atoms with Gasteiger partial charge in [-0.3, -0.25) is 0 Å². The molecule has 3 aromatic heterocycles. The van der Waals surface area contributed by atoms with Crippen LogP contribution >= 0.6 is 0 Å². The highest BCUT2D eigenvalue weighted by Gasteiger charge is 2.39. The molecule has 702 valence electrons. The highest BCUT2D eigenvalue weighted by Crippen LogP contribution is 2.54. The third kappa shape index (κ3) is 17.2. The average molecular weight is 1900 g/mol. The molecular weight excluding hydrogens is 1790 g/mol. The Kier molecular flexibility index (Phi) is 23.1. The largest absolute Gasteiger partial charge is 0.228 e. The molecule has 0 saturated carbocycles. The molecule has 0 fully saturated rings. The van der Waals surface area contributed by atoms with Crippen LogP contribution in [0.2, 0.25) is 0 Å². The minimum absolute atomic E-state index is 0.0727. The monoisotopic (exact) mass is 1890 g/mol. The van der Waals surface area contributed by atoms with E-state index in [1.807, 2.05) is 6.07 Å². The van der Waals surface area contributed by atoms with Crippen LogP contribution < -0.4 is 0 Å². The molecule has 0 amide bonds. The minimum atomic E-state index is -0.143. The molecule has 0 atom stereocenters. The van der Waals surface area contributed by atoms with Crippen LogP contribution in [-0.2, 0) is 16.2 Å². The molecule has 0 spiro atoms. The predicted molar refractivity (Wildman–Crippen MR) is 613 cm³/mol. The van der Waals surface area contributed by atoms with Gasteiger partial charge in [-0.25, -0.2) is 39.9 Å². The molecule has 3 heterocycles. The summed E-state index contributed by atoms with van der Waals surface area (Å²) >= 11 is 0. The zero-order chi connectivity index (χ0) is 99.7. The van der Waals surface area contributed by atoms with Gasteiger partial charge in [0.2, 0.25) is 0 Å². The average Bonchev–Trinajstić information content (AvgIpc) is 1.57. The fraction of sp³-hybridized carbons (Fsp3) is 0.0714. The Labute approximate surface area is 863 Å². The number of benzene rings is 21. The first-order chi connectivity index (χ1) is 72.4. The quantitative estimate of drug-likeness (QED) is 0.0935. The van der Waals surface area contributed by atoms with Gasteiger partial charge < -0.3 is 0 Å². The molecule has 0 bridgehead atoms. The molecule has 0 N–H and O–H groups in total. The lowest BCUT2D eigenvalue weighted by atomic mass is 9.81. The summed E-state index contributed by atoms with van der Waals surface area (Å²) in [6.07, 6.45) is 0. The van der Waals surface area contributed by atoms with Gasteiger partial charge in [-0.1, -0.05) is 447 Å². The normalized spacial score (nSPS) is 12.9. The van der Waals surface area contributed by atoms with E-state index in [9.17, 15) is 0 Å². The standard InChI is InChI=1S/C50H35N3.C46H33N3.C44H34N2/c1-50(2)45-20-12-11-19-43(45)44-26-24-37(31-46(44)50)48-51-47(36-23-25-42-35(27-36)22-21-34-17-9-10-18-41(34)42)52-49(53-48)40-29-38(32-13-5-3-6-14-32)28-39(30-40)33-15-7-4-8-16-33;1-46(2)41-20-12-11-19-39(41)40-29-35(23-24-42(40)46)44-47-43(34-22-21-32-17-9-10-18-33(32)25-34)48-45(49-44)38-27-36(30-13-5-3-6-14-30)26-37(28-38)31-15-7-4-8-16-31;1-29-19-21-37-38-22-20-33(27-40(38)44(2,3)39(37)23-29)42-28-41(32-17-11-6-12-18-32)45-43(46-42)36-25-34(30-13-7-4-8-14-30)24-35(26-36)31-15-9-5-10-16-31/h3-31H,1-2H3;3-29H,1-2H3;4-28H,1-3H3. The number of aromatic nitrogens is 8. The summed E-state index contributed by atoms with van der Waals surface area (Å²) in [6.45, 7) is 16.1. The van der Waals surface area contributed by atoms with Crippen molar-refractivity contribution in [2.24, 2.45) is 0 Å². The van der Waals surface area contributed by atoms with Gasteiger partial charge in [-0.15, -0.1) is 0 Å². The Morgan fingerprint density at radius 2 is 0.405 bits per heavy atom. The maximum Gasteiger partial charge on any atom is 0.164 e. The van der Waals surface area contributed by atoms with Crippen LogP contribution in [0, 0.1) is 6.92 Å². The fourth-order valence-corrected chi connectivity index (χ4v) is 22.3.